The number of aryl methyl sites for hydroxylation is 1. The van der Waals surface area contributed by atoms with Gasteiger partial charge in [0.25, 0.3) is 5.56 Å². The van der Waals surface area contributed by atoms with E-state index in [2.05, 4.69) is 10.3 Å². The molecule has 0 fully saturated rings. The molecule has 4 aromatic rings. The quantitative estimate of drug-likeness (QED) is 0.503. The van der Waals surface area contributed by atoms with Gasteiger partial charge < -0.3 is 14.6 Å². The largest absolute Gasteiger partial charge is 0.489 e. The van der Waals surface area contributed by atoms with Crippen molar-refractivity contribution in [1.82, 2.24) is 18.7 Å². The maximum atomic E-state index is 12.8. The molecule has 1 N–H and O–H groups in total. The summed E-state index contributed by atoms with van der Waals surface area (Å²) in [5.74, 6) is 0.364. The number of fused-ring (bicyclic) bond motifs is 1. The van der Waals surface area contributed by atoms with E-state index in [4.69, 9.17) is 4.74 Å². The zero-order valence-corrected chi connectivity index (χ0v) is 18.0. The number of rotatable bonds is 6. The van der Waals surface area contributed by atoms with Gasteiger partial charge in [0, 0.05) is 19.8 Å². The molecule has 0 spiro atoms. The van der Waals surface area contributed by atoms with Crippen molar-refractivity contribution in [1.29, 1.82) is 0 Å². The monoisotopic (exact) mass is 433 g/mol. The van der Waals surface area contributed by atoms with Gasteiger partial charge in [0.2, 0.25) is 5.91 Å². The van der Waals surface area contributed by atoms with Crippen molar-refractivity contribution >= 4 is 22.8 Å². The zero-order chi connectivity index (χ0) is 22.8. The van der Waals surface area contributed by atoms with E-state index in [1.54, 1.807) is 31.2 Å². The number of imidazole rings is 1. The van der Waals surface area contributed by atoms with Crippen molar-refractivity contribution in [2.75, 3.05) is 5.32 Å². The third kappa shape index (κ3) is 3.92. The second-order valence-corrected chi connectivity index (χ2v) is 7.49. The molecular formula is C23H23N5O4. The van der Waals surface area contributed by atoms with Crippen LogP contribution in [-0.4, -0.2) is 24.6 Å². The highest BCUT2D eigenvalue weighted by atomic mass is 16.5. The molecule has 9 heteroatoms. The lowest BCUT2D eigenvalue weighted by Crippen LogP contribution is -2.38. The van der Waals surface area contributed by atoms with E-state index in [1.807, 2.05) is 30.3 Å². The van der Waals surface area contributed by atoms with E-state index in [-0.39, 0.29) is 17.1 Å². The summed E-state index contributed by atoms with van der Waals surface area (Å²) in [5.41, 5.74) is 1.12. The third-order valence-electron chi connectivity index (χ3n) is 5.34. The molecule has 1 atom stereocenters. The number of carbonyl (C=O) groups excluding carboxylic acids is 1. The molecule has 2 heterocycles. The number of nitrogens with one attached hydrogen (secondary N) is 1. The lowest BCUT2D eigenvalue weighted by molar-refractivity contribution is -0.118. The van der Waals surface area contributed by atoms with E-state index in [9.17, 15) is 14.4 Å². The Morgan fingerprint density at radius 2 is 1.72 bits per heavy atom. The van der Waals surface area contributed by atoms with Gasteiger partial charge in [-0.05, 0) is 36.8 Å². The topological polar surface area (TPSA) is 100 Å². The molecule has 0 saturated heterocycles. The Kier molecular flexibility index (Phi) is 5.63. The molecule has 9 nitrogen and oxygen atoms in total. The maximum Gasteiger partial charge on any atom is 0.332 e. The summed E-state index contributed by atoms with van der Waals surface area (Å²) in [4.78, 5) is 41.7. The summed E-state index contributed by atoms with van der Waals surface area (Å²) >= 11 is 0. The Labute approximate surface area is 183 Å². The normalized spacial score (nSPS) is 12.0. The number of hydrogen-bond donors (Lipinski definition) is 1. The Morgan fingerprint density at radius 1 is 1.03 bits per heavy atom. The van der Waals surface area contributed by atoms with Gasteiger partial charge in [-0.3, -0.25) is 18.7 Å². The van der Waals surface area contributed by atoms with E-state index in [0.717, 1.165) is 10.1 Å². The molecule has 0 radical (unpaired) electrons. The average molecular weight is 433 g/mol. The summed E-state index contributed by atoms with van der Waals surface area (Å²) in [6.07, 6.45) is 1.40. The fraction of sp³-hybridized carbons (Fsp3) is 0.217. The van der Waals surface area contributed by atoms with Crippen molar-refractivity contribution < 1.29 is 9.53 Å². The number of hydrogen-bond acceptors (Lipinski definition) is 5. The van der Waals surface area contributed by atoms with Crippen LogP contribution in [0.25, 0.3) is 11.2 Å². The third-order valence-corrected chi connectivity index (χ3v) is 5.34. The Balaban J connectivity index is 1.48. The molecule has 1 unspecified atom stereocenters. The van der Waals surface area contributed by atoms with Gasteiger partial charge in [-0.2, -0.15) is 0 Å². The van der Waals surface area contributed by atoms with E-state index in [0.29, 0.717) is 18.0 Å². The molecule has 0 aliphatic carbocycles. The van der Waals surface area contributed by atoms with Crippen molar-refractivity contribution in [2.45, 2.75) is 19.6 Å². The van der Waals surface area contributed by atoms with Crippen molar-refractivity contribution in [3.05, 3.63) is 87.3 Å². The standard InChI is InChI=1S/C23H23N5O4/c1-15(28-14-24-20-19(28)22(30)27(3)23(31)26(20)2)21(29)25-17-9-11-18(12-10-17)32-13-16-7-5-4-6-8-16/h4-12,14-15H,13H2,1-3H3,(H,25,29). The first-order valence-electron chi connectivity index (χ1n) is 10.1. The van der Waals surface area contributed by atoms with E-state index >= 15 is 0 Å². The van der Waals surface area contributed by atoms with Crippen LogP contribution >= 0.6 is 0 Å². The molecule has 1 amide bonds. The highest BCUT2D eigenvalue weighted by Gasteiger charge is 2.22. The molecule has 4 rings (SSSR count). The number of amides is 1. The lowest BCUT2D eigenvalue weighted by atomic mass is 10.2. The van der Waals surface area contributed by atoms with E-state index in [1.165, 1.54) is 29.6 Å². The minimum Gasteiger partial charge on any atom is -0.489 e. The zero-order valence-electron chi connectivity index (χ0n) is 18.0. The maximum absolute atomic E-state index is 12.8. The second-order valence-electron chi connectivity index (χ2n) is 7.49. The lowest BCUT2D eigenvalue weighted by Gasteiger charge is -2.15. The fourth-order valence-electron chi connectivity index (χ4n) is 3.41. The van der Waals surface area contributed by atoms with Crippen LogP contribution in [0.3, 0.4) is 0 Å². The van der Waals surface area contributed by atoms with Gasteiger partial charge in [0.15, 0.2) is 11.2 Å². The molecule has 2 aromatic heterocycles. The predicted octanol–water partition coefficient (Wildman–Crippen LogP) is 2.21. The van der Waals surface area contributed by atoms with Crippen molar-refractivity contribution in [3.8, 4) is 5.75 Å². The number of nitrogens with zero attached hydrogens (tertiary/aromatic N) is 4. The van der Waals surface area contributed by atoms with Crippen LogP contribution < -0.4 is 21.3 Å². The Bertz CT molecular complexity index is 1380. The van der Waals surface area contributed by atoms with Crippen LogP contribution in [0.15, 0.2) is 70.5 Å². The Morgan fingerprint density at radius 3 is 2.41 bits per heavy atom. The summed E-state index contributed by atoms with van der Waals surface area (Å²) < 4.78 is 9.52. The van der Waals surface area contributed by atoms with Gasteiger partial charge >= 0.3 is 5.69 Å². The number of anilines is 1. The first-order valence-corrected chi connectivity index (χ1v) is 10.1. The van der Waals surface area contributed by atoms with Gasteiger partial charge in [-0.25, -0.2) is 9.78 Å². The minimum absolute atomic E-state index is 0.196. The van der Waals surface area contributed by atoms with E-state index < -0.39 is 17.3 Å². The van der Waals surface area contributed by atoms with Crippen LogP contribution in [0.1, 0.15) is 18.5 Å². The summed E-state index contributed by atoms with van der Waals surface area (Å²) in [6, 6.07) is 16.2. The highest BCUT2D eigenvalue weighted by Crippen LogP contribution is 2.19. The molecule has 0 aliphatic heterocycles. The molecule has 0 aliphatic rings. The Hall–Kier alpha value is -4.14. The number of benzene rings is 2. The SMILES string of the molecule is CC(C(=O)Nc1ccc(OCc2ccccc2)cc1)n1cnc2c1c(=O)n(C)c(=O)n2C. The number of carbonyl (C=O) groups is 1. The van der Waals surface area contributed by atoms with Gasteiger partial charge in [0.05, 0.1) is 6.33 Å². The highest BCUT2D eigenvalue weighted by molar-refractivity contribution is 5.94. The van der Waals surface area contributed by atoms with Gasteiger partial charge in [0.1, 0.15) is 18.4 Å². The molecule has 32 heavy (non-hydrogen) atoms. The molecule has 0 saturated carbocycles. The van der Waals surface area contributed by atoms with Crippen molar-refractivity contribution in [2.24, 2.45) is 14.1 Å². The predicted molar refractivity (Wildman–Crippen MR) is 121 cm³/mol. The number of aromatic nitrogens is 4. The number of ether oxygens (including phenoxy) is 1. The first-order chi connectivity index (χ1) is 15.4. The molecular weight excluding hydrogens is 410 g/mol. The van der Waals surface area contributed by atoms with Crippen LogP contribution in [0.5, 0.6) is 5.75 Å². The fourth-order valence-corrected chi connectivity index (χ4v) is 3.41. The minimum atomic E-state index is -0.723. The summed E-state index contributed by atoms with van der Waals surface area (Å²) in [6.45, 7) is 2.12. The summed E-state index contributed by atoms with van der Waals surface area (Å²) in [7, 11) is 2.93. The smallest absolute Gasteiger partial charge is 0.332 e. The van der Waals surface area contributed by atoms with Gasteiger partial charge in [-0.15, -0.1) is 0 Å². The van der Waals surface area contributed by atoms with Crippen LogP contribution in [-0.2, 0) is 25.5 Å². The van der Waals surface area contributed by atoms with Crippen LogP contribution in [0, 0.1) is 0 Å². The first kappa shape index (κ1) is 21.1. The van der Waals surface area contributed by atoms with Crippen molar-refractivity contribution in [3.63, 3.8) is 0 Å². The molecule has 2 aromatic carbocycles. The molecule has 164 valence electrons. The average Bonchev–Trinajstić information content (AvgIpc) is 3.26. The second kappa shape index (κ2) is 8.54. The van der Waals surface area contributed by atoms with Gasteiger partial charge in [-0.1, -0.05) is 30.3 Å². The van der Waals surface area contributed by atoms with Crippen LogP contribution in [0.2, 0.25) is 0 Å². The van der Waals surface area contributed by atoms with Crippen LogP contribution in [0.4, 0.5) is 5.69 Å². The molecule has 0 bridgehead atoms. The summed E-state index contributed by atoms with van der Waals surface area (Å²) in [5, 5.41) is 2.84.